The zero-order valence-electron chi connectivity index (χ0n) is 17.9. The average Bonchev–Trinajstić information content (AvgIpc) is 3.01. The van der Waals surface area contributed by atoms with E-state index in [0.717, 1.165) is 38.4 Å². The van der Waals surface area contributed by atoms with Crippen molar-refractivity contribution in [2.45, 2.75) is 13.2 Å². The van der Waals surface area contributed by atoms with Gasteiger partial charge in [0.25, 0.3) is 0 Å². The maximum Gasteiger partial charge on any atom is 0.143 e. The molecule has 2 aromatic heterocycles. The Kier molecular flexibility index (Phi) is 6.17. The zero-order valence-corrected chi connectivity index (χ0v) is 17.9. The molecule has 0 saturated heterocycles. The van der Waals surface area contributed by atoms with Crippen LogP contribution in [0.25, 0.3) is 21.5 Å². The zero-order chi connectivity index (χ0) is 22.3. The molecule has 5 rings (SSSR count). The quantitative estimate of drug-likeness (QED) is 0.349. The van der Waals surface area contributed by atoms with Crippen molar-refractivity contribution < 1.29 is 9.68 Å². The Bertz CT molecular complexity index is 1440. The number of anilines is 1. The monoisotopic (exact) mass is 434 g/mol. The number of nitrogens with one attached hydrogen (secondary N) is 1. The van der Waals surface area contributed by atoms with E-state index in [-0.39, 0.29) is 0 Å². The summed E-state index contributed by atoms with van der Waals surface area (Å²) in [5, 5.41) is 9.37. The van der Waals surface area contributed by atoms with E-state index in [1.807, 2.05) is 60.7 Å². The van der Waals surface area contributed by atoms with Gasteiger partial charge in [-0.1, -0.05) is 65.8 Å². The second kappa shape index (κ2) is 9.89. The third-order valence-electron chi connectivity index (χ3n) is 5.25. The Hall–Kier alpha value is -4.29. The summed E-state index contributed by atoms with van der Waals surface area (Å²) in [6.45, 7) is 0.713. The molecule has 0 aliphatic heterocycles. The van der Waals surface area contributed by atoms with Crippen LogP contribution in [0.4, 0.5) is 5.69 Å². The molecule has 0 aliphatic rings. The molecule has 1 N–H and O–H groups in total. The standard InChI is InChI=1S/C27H22N4O2/c1-3-11-24-22(9-1)23-10-2-4-12-25(23)27(31-33-19-21-8-6-14-29-17-21)15-26(24)30-32-18-20-7-5-13-28-16-20/h1-17,30H,18-19H2. The van der Waals surface area contributed by atoms with Gasteiger partial charge < -0.3 is 4.84 Å². The summed E-state index contributed by atoms with van der Waals surface area (Å²) >= 11 is 0. The lowest BCUT2D eigenvalue weighted by Crippen LogP contribution is -2.06. The summed E-state index contributed by atoms with van der Waals surface area (Å²) < 4.78 is 0. The summed E-state index contributed by atoms with van der Waals surface area (Å²) in [7, 11) is 0. The molecule has 33 heavy (non-hydrogen) atoms. The summed E-state index contributed by atoms with van der Waals surface area (Å²) in [6.07, 6.45) is 7.03. The number of hydrogen-bond donors (Lipinski definition) is 1. The minimum atomic E-state index is 0.334. The number of aromatic nitrogens is 2. The van der Waals surface area contributed by atoms with E-state index in [2.05, 4.69) is 38.8 Å². The van der Waals surface area contributed by atoms with Crippen LogP contribution in [0, 0.1) is 0 Å². The lowest BCUT2D eigenvalue weighted by molar-refractivity contribution is 0.120. The van der Waals surface area contributed by atoms with Gasteiger partial charge in [0.05, 0.1) is 5.69 Å². The maximum absolute atomic E-state index is 5.83. The molecule has 0 radical (unpaired) electrons. The molecule has 162 valence electrons. The predicted molar refractivity (Wildman–Crippen MR) is 129 cm³/mol. The summed E-state index contributed by atoms with van der Waals surface area (Å²) in [5.74, 6) is 0. The second-order valence-electron chi connectivity index (χ2n) is 7.51. The van der Waals surface area contributed by atoms with Gasteiger partial charge in [-0.2, -0.15) is 0 Å². The van der Waals surface area contributed by atoms with Crippen LogP contribution in [0.3, 0.4) is 0 Å². The highest BCUT2D eigenvalue weighted by Crippen LogP contribution is 2.27. The van der Waals surface area contributed by atoms with Crippen molar-refractivity contribution in [1.29, 1.82) is 0 Å². The number of fused-ring (bicyclic) bond motifs is 3. The fraction of sp³-hybridized carbons (Fsp3) is 0.0741. The highest BCUT2D eigenvalue weighted by atomic mass is 16.6. The summed E-state index contributed by atoms with van der Waals surface area (Å²) in [5.41, 5.74) is 5.86. The van der Waals surface area contributed by atoms with Crippen LogP contribution in [0.2, 0.25) is 0 Å². The predicted octanol–water partition coefficient (Wildman–Crippen LogP) is 5.36. The summed E-state index contributed by atoms with van der Waals surface area (Å²) in [4.78, 5) is 19.8. The van der Waals surface area contributed by atoms with Gasteiger partial charge in [0.1, 0.15) is 18.6 Å². The molecule has 0 spiro atoms. The van der Waals surface area contributed by atoms with Gasteiger partial charge in [-0.15, -0.1) is 0 Å². The van der Waals surface area contributed by atoms with Crippen LogP contribution in [0.15, 0.2) is 109 Å². The molecule has 0 saturated carbocycles. The molecular formula is C27H22N4O2. The van der Waals surface area contributed by atoms with Crippen molar-refractivity contribution in [3.05, 3.63) is 120 Å². The van der Waals surface area contributed by atoms with Crippen LogP contribution in [-0.2, 0) is 22.9 Å². The Morgan fingerprint density at radius 2 is 1.27 bits per heavy atom. The first kappa shape index (κ1) is 20.6. The minimum Gasteiger partial charge on any atom is -0.390 e. The van der Waals surface area contributed by atoms with Crippen LogP contribution < -0.4 is 10.8 Å². The van der Waals surface area contributed by atoms with Crippen molar-refractivity contribution in [3.63, 3.8) is 0 Å². The van der Waals surface area contributed by atoms with E-state index >= 15 is 0 Å². The molecular weight excluding hydrogens is 412 g/mol. The number of nitrogens with zero attached hydrogens (tertiary/aromatic N) is 3. The van der Waals surface area contributed by atoms with Gasteiger partial charge in [-0.05, 0) is 34.5 Å². The van der Waals surface area contributed by atoms with Crippen LogP contribution >= 0.6 is 0 Å². The third-order valence-corrected chi connectivity index (χ3v) is 5.25. The fourth-order valence-electron chi connectivity index (χ4n) is 3.69. The Morgan fingerprint density at radius 3 is 1.94 bits per heavy atom. The molecule has 0 bridgehead atoms. The lowest BCUT2D eigenvalue weighted by atomic mass is 10.1. The molecule has 0 aliphatic carbocycles. The second-order valence-corrected chi connectivity index (χ2v) is 7.51. The minimum absolute atomic E-state index is 0.334. The fourth-order valence-corrected chi connectivity index (χ4v) is 3.69. The molecule has 2 heterocycles. The Morgan fingerprint density at radius 1 is 0.667 bits per heavy atom. The topological polar surface area (TPSA) is 68.6 Å². The molecule has 6 heteroatoms. The average molecular weight is 434 g/mol. The first-order valence-electron chi connectivity index (χ1n) is 10.6. The van der Waals surface area contributed by atoms with E-state index in [1.54, 1.807) is 24.8 Å². The van der Waals surface area contributed by atoms with Gasteiger partial charge in [-0.3, -0.25) is 20.3 Å². The highest BCUT2D eigenvalue weighted by molar-refractivity contribution is 6.09. The first-order valence-corrected chi connectivity index (χ1v) is 10.6. The van der Waals surface area contributed by atoms with E-state index < -0.39 is 0 Å². The number of rotatable bonds is 7. The number of benzene rings is 2. The molecule has 5 aromatic rings. The summed E-state index contributed by atoms with van der Waals surface area (Å²) in [6, 6.07) is 26.0. The third kappa shape index (κ3) is 4.81. The van der Waals surface area contributed by atoms with Gasteiger partial charge in [-0.25, -0.2) is 0 Å². The smallest absolute Gasteiger partial charge is 0.143 e. The van der Waals surface area contributed by atoms with E-state index in [4.69, 9.17) is 9.68 Å². The number of pyridine rings is 2. The van der Waals surface area contributed by atoms with Crippen molar-refractivity contribution in [2.75, 3.05) is 5.48 Å². The SMILES string of the molecule is c1cncc(CON=c2cc(NOCc3cccnc3)c3ccccc3c3ccccc23)c1. The molecule has 0 unspecified atom stereocenters. The molecule has 0 atom stereocenters. The van der Waals surface area contributed by atoms with E-state index in [9.17, 15) is 0 Å². The van der Waals surface area contributed by atoms with Gasteiger partial charge in [0.15, 0.2) is 0 Å². The number of hydrogen-bond acceptors (Lipinski definition) is 6. The van der Waals surface area contributed by atoms with E-state index in [1.165, 1.54) is 0 Å². The normalized spacial score (nSPS) is 11.6. The largest absolute Gasteiger partial charge is 0.390 e. The van der Waals surface area contributed by atoms with Crippen LogP contribution in [0.5, 0.6) is 0 Å². The van der Waals surface area contributed by atoms with Crippen molar-refractivity contribution in [2.24, 2.45) is 5.16 Å². The highest BCUT2D eigenvalue weighted by Gasteiger charge is 2.07. The molecule has 0 amide bonds. The van der Waals surface area contributed by atoms with Crippen molar-refractivity contribution in [1.82, 2.24) is 9.97 Å². The molecule has 3 aromatic carbocycles. The first-order chi connectivity index (χ1) is 16.4. The van der Waals surface area contributed by atoms with Crippen LogP contribution in [-0.4, -0.2) is 9.97 Å². The van der Waals surface area contributed by atoms with Crippen molar-refractivity contribution in [3.8, 4) is 0 Å². The van der Waals surface area contributed by atoms with Gasteiger partial charge in [0, 0.05) is 41.1 Å². The van der Waals surface area contributed by atoms with Crippen molar-refractivity contribution >= 4 is 27.2 Å². The Balaban J connectivity index is 1.56. The van der Waals surface area contributed by atoms with E-state index in [0.29, 0.717) is 18.6 Å². The molecule has 6 nitrogen and oxygen atoms in total. The van der Waals surface area contributed by atoms with Gasteiger partial charge >= 0.3 is 0 Å². The van der Waals surface area contributed by atoms with Crippen LogP contribution in [0.1, 0.15) is 11.1 Å². The maximum atomic E-state index is 5.83. The lowest BCUT2D eigenvalue weighted by Gasteiger charge is -2.08. The molecule has 0 fully saturated rings. The van der Waals surface area contributed by atoms with Gasteiger partial charge in [0.2, 0.25) is 0 Å². The Labute approximate surface area is 191 Å².